The van der Waals surface area contributed by atoms with Crippen LogP contribution in [0, 0.1) is 17.0 Å². The molecular weight excluding hydrogens is 294 g/mol. The van der Waals surface area contributed by atoms with E-state index < -0.39 is 11.6 Å². The molecule has 2 aromatic rings. The molecule has 1 heterocycles. The standard InChI is InChI=1S/C16H19ClF2N2/c1-16(7-3-2-4-8-16)10-21-13(9-17)20-12-6-5-11(18)14(19)15(12)21/h5-6H,2-4,7-10H2,1H3. The van der Waals surface area contributed by atoms with E-state index in [1.807, 2.05) is 0 Å². The number of rotatable bonds is 3. The predicted molar refractivity (Wildman–Crippen MR) is 80.4 cm³/mol. The van der Waals surface area contributed by atoms with Crippen LogP contribution >= 0.6 is 11.6 Å². The van der Waals surface area contributed by atoms with E-state index in [0.717, 1.165) is 18.9 Å². The van der Waals surface area contributed by atoms with E-state index in [1.54, 1.807) is 4.57 Å². The number of hydrogen-bond acceptors (Lipinski definition) is 1. The van der Waals surface area contributed by atoms with E-state index in [4.69, 9.17) is 11.6 Å². The van der Waals surface area contributed by atoms with Crippen molar-refractivity contribution in [2.24, 2.45) is 5.41 Å². The minimum absolute atomic E-state index is 0.103. The number of nitrogens with zero attached hydrogens (tertiary/aromatic N) is 2. The van der Waals surface area contributed by atoms with Crippen molar-refractivity contribution in [3.8, 4) is 0 Å². The number of hydrogen-bond donors (Lipinski definition) is 0. The van der Waals surface area contributed by atoms with Gasteiger partial charge in [0.25, 0.3) is 0 Å². The van der Waals surface area contributed by atoms with Crippen LogP contribution in [0.5, 0.6) is 0 Å². The Morgan fingerprint density at radius 2 is 1.95 bits per heavy atom. The van der Waals surface area contributed by atoms with Gasteiger partial charge in [0.15, 0.2) is 11.6 Å². The summed E-state index contributed by atoms with van der Waals surface area (Å²) in [7, 11) is 0. The molecule has 0 bridgehead atoms. The third kappa shape index (κ3) is 2.66. The van der Waals surface area contributed by atoms with Crippen LogP contribution in [0.15, 0.2) is 12.1 Å². The minimum atomic E-state index is -0.835. The van der Waals surface area contributed by atoms with Crippen LogP contribution in [0.2, 0.25) is 0 Å². The highest BCUT2D eigenvalue weighted by Crippen LogP contribution is 2.38. The molecule has 0 radical (unpaired) electrons. The molecule has 2 nitrogen and oxygen atoms in total. The summed E-state index contributed by atoms with van der Waals surface area (Å²) >= 11 is 5.96. The third-order valence-electron chi connectivity index (χ3n) is 4.60. The highest BCUT2D eigenvalue weighted by Gasteiger charge is 2.29. The highest BCUT2D eigenvalue weighted by atomic mass is 35.5. The molecular formula is C16H19ClF2N2. The van der Waals surface area contributed by atoms with Gasteiger partial charge in [0.05, 0.1) is 11.4 Å². The second kappa shape index (κ2) is 5.56. The Morgan fingerprint density at radius 1 is 1.24 bits per heavy atom. The van der Waals surface area contributed by atoms with Gasteiger partial charge >= 0.3 is 0 Å². The Morgan fingerprint density at radius 3 is 2.62 bits per heavy atom. The smallest absolute Gasteiger partial charge is 0.184 e. The first-order valence-electron chi connectivity index (χ1n) is 7.43. The summed E-state index contributed by atoms with van der Waals surface area (Å²) in [5.74, 6) is -0.844. The van der Waals surface area contributed by atoms with Crippen molar-refractivity contribution in [2.45, 2.75) is 51.5 Å². The fourth-order valence-electron chi connectivity index (χ4n) is 3.42. The van der Waals surface area contributed by atoms with Crippen molar-refractivity contribution < 1.29 is 8.78 Å². The molecule has 1 aromatic heterocycles. The fourth-order valence-corrected chi connectivity index (χ4v) is 3.63. The third-order valence-corrected chi connectivity index (χ3v) is 4.84. The zero-order valence-electron chi connectivity index (χ0n) is 12.1. The first-order chi connectivity index (χ1) is 10.0. The maximum Gasteiger partial charge on any atom is 0.184 e. The number of alkyl halides is 1. The van der Waals surface area contributed by atoms with Crippen LogP contribution < -0.4 is 0 Å². The van der Waals surface area contributed by atoms with Crippen molar-refractivity contribution in [2.75, 3.05) is 0 Å². The SMILES string of the molecule is CC1(Cn2c(CCl)nc3ccc(F)c(F)c32)CCCCC1. The van der Waals surface area contributed by atoms with Crippen LogP contribution in [0.4, 0.5) is 8.78 Å². The summed E-state index contributed by atoms with van der Waals surface area (Å²) in [5.41, 5.74) is 0.826. The van der Waals surface area contributed by atoms with Crippen LogP contribution in [-0.4, -0.2) is 9.55 Å². The number of fused-ring (bicyclic) bond motifs is 1. The Balaban J connectivity index is 2.09. The molecule has 0 aliphatic heterocycles. The number of benzene rings is 1. The Labute approximate surface area is 128 Å². The molecule has 1 saturated carbocycles. The molecule has 0 amide bonds. The van der Waals surface area contributed by atoms with Gasteiger partial charge in [-0.25, -0.2) is 13.8 Å². The summed E-state index contributed by atoms with van der Waals surface area (Å²) in [6, 6.07) is 2.64. The first kappa shape index (κ1) is 14.8. The Hall–Kier alpha value is -1.16. The second-order valence-electron chi connectivity index (χ2n) is 6.35. The molecule has 0 N–H and O–H groups in total. The lowest BCUT2D eigenvalue weighted by atomic mass is 9.75. The molecule has 1 aliphatic rings. The maximum atomic E-state index is 14.2. The van der Waals surface area contributed by atoms with Gasteiger partial charge in [-0.1, -0.05) is 26.2 Å². The van der Waals surface area contributed by atoms with Gasteiger partial charge in [-0.15, -0.1) is 11.6 Å². The fraction of sp³-hybridized carbons (Fsp3) is 0.562. The predicted octanol–water partition coefficient (Wildman–Crippen LogP) is 5.02. The first-order valence-corrected chi connectivity index (χ1v) is 7.97. The van der Waals surface area contributed by atoms with Crippen LogP contribution in [0.3, 0.4) is 0 Å². The summed E-state index contributed by atoms with van der Waals surface area (Å²) in [4.78, 5) is 4.35. The van der Waals surface area contributed by atoms with Crippen LogP contribution in [0.1, 0.15) is 44.9 Å². The van der Waals surface area contributed by atoms with Crippen molar-refractivity contribution in [3.63, 3.8) is 0 Å². The highest BCUT2D eigenvalue weighted by molar-refractivity contribution is 6.16. The summed E-state index contributed by atoms with van der Waals surface area (Å²) < 4.78 is 29.6. The quantitative estimate of drug-likeness (QED) is 0.727. The Kier molecular flexibility index (Phi) is 3.91. The van der Waals surface area contributed by atoms with Crippen molar-refractivity contribution in [1.29, 1.82) is 0 Å². The van der Waals surface area contributed by atoms with Crippen LogP contribution in [-0.2, 0) is 12.4 Å². The van der Waals surface area contributed by atoms with Gasteiger partial charge in [-0.3, -0.25) is 0 Å². The van der Waals surface area contributed by atoms with Gasteiger partial charge < -0.3 is 4.57 Å². The Bertz CT molecular complexity index is 660. The lowest BCUT2D eigenvalue weighted by Crippen LogP contribution is -2.27. The van der Waals surface area contributed by atoms with Gasteiger partial charge in [0.2, 0.25) is 0 Å². The van der Waals surface area contributed by atoms with Crippen molar-refractivity contribution >= 4 is 22.6 Å². The molecule has 114 valence electrons. The van der Waals surface area contributed by atoms with Crippen LogP contribution in [0.25, 0.3) is 11.0 Å². The zero-order valence-corrected chi connectivity index (χ0v) is 12.9. The molecule has 1 fully saturated rings. The van der Waals surface area contributed by atoms with Crippen molar-refractivity contribution in [1.82, 2.24) is 9.55 Å². The minimum Gasteiger partial charge on any atom is -0.324 e. The molecule has 21 heavy (non-hydrogen) atoms. The molecule has 5 heteroatoms. The molecule has 0 atom stereocenters. The molecule has 3 rings (SSSR count). The molecule has 0 saturated heterocycles. The van der Waals surface area contributed by atoms with Gasteiger partial charge in [-0.05, 0) is 30.4 Å². The molecule has 1 aromatic carbocycles. The summed E-state index contributed by atoms with van der Waals surface area (Å²) in [6.07, 6.45) is 5.84. The van der Waals surface area contributed by atoms with E-state index >= 15 is 0 Å². The van der Waals surface area contributed by atoms with E-state index in [0.29, 0.717) is 17.9 Å². The molecule has 0 spiro atoms. The van der Waals surface area contributed by atoms with E-state index in [2.05, 4.69) is 11.9 Å². The van der Waals surface area contributed by atoms with E-state index in [-0.39, 0.29) is 16.8 Å². The zero-order chi connectivity index (χ0) is 15.0. The second-order valence-corrected chi connectivity index (χ2v) is 6.62. The monoisotopic (exact) mass is 312 g/mol. The van der Waals surface area contributed by atoms with Gasteiger partial charge in [0, 0.05) is 6.54 Å². The largest absolute Gasteiger partial charge is 0.324 e. The maximum absolute atomic E-state index is 14.2. The normalized spacial score (nSPS) is 18.3. The average molecular weight is 313 g/mol. The summed E-state index contributed by atoms with van der Waals surface area (Å²) in [6.45, 7) is 2.86. The molecule has 0 unspecified atom stereocenters. The lowest BCUT2D eigenvalue weighted by Gasteiger charge is -2.34. The van der Waals surface area contributed by atoms with E-state index in [1.165, 1.54) is 25.3 Å². The number of imidazole rings is 1. The van der Waals surface area contributed by atoms with Gasteiger partial charge in [0.1, 0.15) is 11.3 Å². The van der Waals surface area contributed by atoms with Crippen molar-refractivity contribution in [3.05, 3.63) is 29.6 Å². The van der Waals surface area contributed by atoms with E-state index in [9.17, 15) is 8.78 Å². The summed E-state index contributed by atoms with van der Waals surface area (Å²) in [5, 5.41) is 0. The lowest BCUT2D eigenvalue weighted by molar-refractivity contribution is 0.183. The number of aromatic nitrogens is 2. The molecule has 1 aliphatic carbocycles. The topological polar surface area (TPSA) is 17.8 Å². The number of halogens is 3. The van der Waals surface area contributed by atoms with Gasteiger partial charge in [-0.2, -0.15) is 0 Å². The average Bonchev–Trinajstić information content (AvgIpc) is 2.81.